The van der Waals surface area contributed by atoms with Crippen LogP contribution in [0.15, 0.2) is 24.4 Å². The summed E-state index contributed by atoms with van der Waals surface area (Å²) in [5, 5.41) is 0. The van der Waals surface area contributed by atoms with E-state index in [1.165, 1.54) is 0 Å². The number of hydrogen-bond acceptors (Lipinski definition) is 4. The van der Waals surface area contributed by atoms with E-state index < -0.39 is 5.97 Å². The summed E-state index contributed by atoms with van der Waals surface area (Å²) in [6.45, 7) is 4.06. The van der Waals surface area contributed by atoms with E-state index in [1.54, 1.807) is 6.20 Å². The van der Waals surface area contributed by atoms with Gasteiger partial charge in [0.2, 0.25) is 0 Å². The lowest BCUT2D eigenvalue weighted by molar-refractivity contribution is -0.479. The molecule has 0 amide bonds. The minimum Gasteiger partial charge on any atom is -0.322 e. The number of pyridine rings is 1. The lowest BCUT2D eigenvalue weighted by Gasteiger charge is -2.49. The highest BCUT2D eigenvalue weighted by atomic mass is 16.9. The standard InChI is InChI=1S/C11H13NO3/c1-10-6-13-11(14-7-10,15-8-10)9-4-2-3-5-12-9/h2-5H,6-8H2,1H3. The Balaban J connectivity index is 1.94. The molecule has 4 rings (SSSR count). The van der Waals surface area contributed by atoms with E-state index in [0.29, 0.717) is 25.5 Å². The first kappa shape index (κ1) is 9.27. The van der Waals surface area contributed by atoms with Gasteiger partial charge in [-0.2, -0.15) is 0 Å². The van der Waals surface area contributed by atoms with E-state index in [-0.39, 0.29) is 5.41 Å². The number of aromatic nitrogens is 1. The molecule has 15 heavy (non-hydrogen) atoms. The molecule has 0 aliphatic carbocycles. The molecule has 3 aliphatic rings. The number of fused-ring (bicyclic) bond motifs is 3. The molecule has 2 bridgehead atoms. The first-order valence-corrected chi connectivity index (χ1v) is 5.06. The average Bonchev–Trinajstić information content (AvgIpc) is 2.32. The molecule has 3 fully saturated rings. The third-order valence-electron chi connectivity index (χ3n) is 2.81. The molecule has 0 radical (unpaired) electrons. The molecule has 0 spiro atoms. The lowest BCUT2D eigenvalue weighted by atomic mass is 9.91. The monoisotopic (exact) mass is 207 g/mol. The Morgan fingerprint density at radius 2 is 1.80 bits per heavy atom. The highest BCUT2D eigenvalue weighted by Gasteiger charge is 2.52. The Kier molecular flexibility index (Phi) is 1.86. The quantitative estimate of drug-likeness (QED) is 0.695. The topological polar surface area (TPSA) is 40.6 Å². The minimum atomic E-state index is -1.06. The first-order chi connectivity index (χ1) is 7.23. The van der Waals surface area contributed by atoms with Crippen LogP contribution in [0.3, 0.4) is 0 Å². The maximum atomic E-state index is 5.65. The lowest BCUT2D eigenvalue weighted by Crippen LogP contribution is -2.57. The van der Waals surface area contributed by atoms with E-state index in [1.807, 2.05) is 18.2 Å². The van der Waals surface area contributed by atoms with Crippen molar-refractivity contribution in [1.29, 1.82) is 0 Å². The van der Waals surface area contributed by atoms with Crippen molar-refractivity contribution in [3.05, 3.63) is 30.1 Å². The van der Waals surface area contributed by atoms with Crippen molar-refractivity contribution in [3.63, 3.8) is 0 Å². The summed E-state index contributed by atoms with van der Waals surface area (Å²) in [7, 11) is 0. The predicted molar refractivity (Wildman–Crippen MR) is 51.9 cm³/mol. The molecule has 4 heterocycles. The fourth-order valence-corrected chi connectivity index (χ4v) is 1.82. The maximum Gasteiger partial charge on any atom is 0.329 e. The molecule has 0 saturated carbocycles. The molecule has 3 saturated heterocycles. The molecule has 0 aromatic carbocycles. The van der Waals surface area contributed by atoms with Crippen molar-refractivity contribution >= 4 is 0 Å². The van der Waals surface area contributed by atoms with Gasteiger partial charge in [0.1, 0.15) is 5.69 Å². The Morgan fingerprint density at radius 3 is 2.33 bits per heavy atom. The second-order valence-corrected chi connectivity index (χ2v) is 4.45. The van der Waals surface area contributed by atoms with Gasteiger partial charge in [0, 0.05) is 11.6 Å². The van der Waals surface area contributed by atoms with Gasteiger partial charge >= 0.3 is 5.97 Å². The van der Waals surface area contributed by atoms with Crippen molar-refractivity contribution in [1.82, 2.24) is 4.98 Å². The van der Waals surface area contributed by atoms with Crippen LogP contribution >= 0.6 is 0 Å². The zero-order valence-electron chi connectivity index (χ0n) is 8.60. The van der Waals surface area contributed by atoms with Gasteiger partial charge in [0.05, 0.1) is 19.8 Å². The van der Waals surface area contributed by atoms with Gasteiger partial charge in [-0.1, -0.05) is 13.0 Å². The molecular weight excluding hydrogens is 194 g/mol. The summed E-state index contributed by atoms with van der Waals surface area (Å²) in [6.07, 6.45) is 1.71. The Labute approximate surface area is 88.2 Å². The number of rotatable bonds is 1. The number of hydrogen-bond donors (Lipinski definition) is 0. The number of ether oxygens (including phenoxy) is 3. The molecule has 80 valence electrons. The van der Waals surface area contributed by atoms with Crippen LogP contribution in [0.1, 0.15) is 12.6 Å². The van der Waals surface area contributed by atoms with Gasteiger partial charge in [-0.25, -0.2) is 0 Å². The SMILES string of the molecule is CC12COC(c3ccccn3)(OC1)OC2. The molecule has 4 nitrogen and oxygen atoms in total. The van der Waals surface area contributed by atoms with Crippen molar-refractivity contribution in [2.24, 2.45) is 5.41 Å². The van der Waals surface area contributed by atoms with E-state index >= 15 is 0 Å². The zero-order valence-corrected chi connectivity index (χ0v) is 8.60. The van der Waals surface area contributed by atoms with Crippen molar-refractivity contribution in [2.45, 2.75) is 12.9 Å². The zero-order chi connectivity index (χ0) is 10.4. The van der Waals surface area contributed by atoms with Gasteiger partial charge in [-0.15, -0.1) is 0 Å². The summed E-state index contributed by atoms with van der Waals surface area (Å²) in [4.78, 5) is 4.22. The van der Waals surface area contributed by atoms with Crippen molar-refractivity contribution < 1.29 is 14.2 Å². The molecule has 0 unspecified atom stereocenters. The Morgan fingerprint density at radius 1 is 1.13 bits per heavy atom. The van der Waals surface area contributed by atoms with E-state index in [0.717, 1.165) is 0 Å². The second kappa shape index (κ2) is 3.01. The summed E-state index contributed by atoms with van der Waals surface area (Å²) < 4.78 is 16.9. The highest BCUT2D eigenvalue weighted by molar-refractivity contribution is 5.09. The fourth-order valence-electron chi connectivity index (χ4n) is 1.82. The number of nitrogens with zero attached hydrogens (tertiary/aromatic N) is 1. The van der Waals surface area contributed by atoms with Gasteiger partial charge in [-0.05, 0) is 12.1 Å². The van der Waals surface area contributed by atoms with Crippen LogP contribution in [0.5, 0.6) is 0 Å². The highest BCUT2D eigenvalue weighted by Crippen LogP contribution is 2.42. The summed E-state index contributed by atoms with van der Waals surface area (Å²) in [5.74, 6) is -1.06. The van der Waals surface area contributed by atoms with Gasteiger partial charge in [-0.3, -0.25) is 4.98 Å². The summed E-state index contributed by atoms with van der Waals surface area (Å²) in [6, 6.07) is 5.61. The largest absolute Gasteiger partial charge is 0.329 e. The van der Waals surface area contributed by atoms with Gasteiger partial charge < -0.3 is 14.2 Å². The van der Waals surface area contributed by atoms with Crippen LogP contribution in [-0.2, 0) is 20.2 Å². The summed E-state index contributed by atoms with van der Waals surface area (Å²) >= 11 is 0. The van der Waals surface area contributed by atoms with E-state index in [4.69, 9.17) is 14.2 Å². The van der Waals surface area contributed by atoms with Crippen LogP contribution < -0.4 is 0 Å². The normalized spacial score (nSPS) is 39.3. The smallest absolute Gasteiger partial charge is 0.322 e. The molecular formula is C11H13NO3. The van der Waals surface area contributed by atoms with Crippen molar-refractivity contribution in [3.8, 4) is 0 Å². The fraction of sp³-hybridized carbons (Fsp3) is 0.545. The molecule has 4 heteroatoms. The Bertz CT molecular complexity index is 341. The van der Waals surface area contributed by atoms with Crippen LogP contribution in [0.4, 0.5) is 0 Å². The first-order valence-electron chi connectivity index (χ1n) is 5.06. The second-order valence-electron chi connectivity index (χ2n) is 4.45. The third-order valence-corrected chi connectivity index (χ3v) is 2.81. The summed E-state index contributed by atoms with van der Waals surface area (Å²) in [5.41, 5.74) is 0.683. The van der Waals surface area contributed by atoms with E-state index in [2.05, 4.69) is 11.9 Å². The van der Waals surface area contributed by atoms with Gasteiger partial charge in [0.15, 0.2) is 0 Å². The van der Waals surface area contributed by atoms with Crippen LogP contribution in [-0.4, -0.2) is 24.8 Å². The van der Waals surface area contributed by atoms with Crippen LogP contribution in [0.2, 0.25) is 0 Å². The Hall–Kier alpha value is -0.970. The minimum absolute atomic E-state index is 0.00344. The van der Waals surface area contributed by atoms with Gasteiger partial charge in [0.25, 0.3) is 0 Å². The molecule has 1 aromatic rings. The molecule has 3 aliphatic heterocycles. The molecule has 0 atom stereocenters. The average molecular weight is 207 g/mol. The van der Waals surface area contributed by atoms with Crippen LogP contribution in [0.25, 0.3) is 0 Å². The van der Waals surface area contributed by atoms with Crippen molar-refractivity contribution in [2.75, 3.05) is 19.8 Å². The van der Waals surface area contributed by atoms with Crippen LogP contribution in [0, 0.1) is 5.41 Å². The van der Waals surface area contributed by atoms with E-state index in [9.17, 15) is 0 Å². The maximum absolute atomic E-state index is 5.65. The molecule has 1 aromatic heterocycles. The predicted octanol–water partition coefficient (Wildman–Crippen LogP) is 1.28. The third kappa shape index (κ3) is 1.37. The molecule has 0 N–H and O–H groups in total.